The van der Waals surface area contributed by atoms with Crippen molar-refractivity contribution in [1.29, 1.82) is 0 Å². The molecule has 0 spiro atoms. The molecule has 2 unspecified atom stereocenters. The molecule has 2 atom stereocenters. The second-order valence-electron chi connectivity index (χ2n) is 4.14. The van der Waals surface area contributed by atoms with Crippen LogP contribution in [0.5, 0.6) is 0 Å². The molecule has 1 fully saturated rings. The summed E-state index contributed by atoms with van der Waals surface area (Å²) in [5.74, 6) is 0. The van der Waals surface area contributed by atoms with E-state index < -0.39 is 5.60 Å². The SMILES string of the molecule is CCCC1(O)CC(C)OC(C)C1. The Balaban J connectivity index is 2.52. The number of hydrogen-bond acceptors (Lipinski definition) is 2. The highest BCUT2D eigenvalue weighted by molar-refractivity contribution is 4.86. The Hall–Kier alpha value is -0.0800. The maximum Gasteiger partial charge on any atom is 0.0696 e. The van der Waals surface area contributed by atoms with Gasteiger partial charge < -0.3 is 9.84 Å². The number of aliphatic hydroxyl groups is 1. The molecular weight excluding hydrogens is 152 g/mol. The molecule has 12 heavy (non-hydrogen) atoms. The molecule has 0 bridgehead atoms. The Morgan fingerprint density at radius 3 is 2.25 bits per heavy atom. The van der Waals surface area contributed by atoms with Gasteiger partial charge in [-0.15, -0.1) is 0 Å². The van der Waals surface area contributed by atoms with Crippen LogP contribution >= 0.6 is 0 Å². The van der Waals surface area contributed by atoms with Gasteiger partial charge in [-0.3, -0.25) is 0 Å². The van der Waals surface area contributed by atoms with Gasteiger partial charge >= 0.3 is 0 Å². The lowest BCUT2D eigenvalue weighted by atomic mass is 9.84. The lowest BCUT2D eigenvalue weighted by Crippen LogP contribution is -2.43. The highest BCUT2D eigenvalue weighted by atomic mass is 16.5. The molecule has 1 N–H and O–H groups in total. The quantitative estimate of drug-likeness (QED) is 0.691. The molecule has 0 aromatic rings. The first kappa shape index (κ1) is 10.0. The van der Waals surface area contributed by atoms with E-state index in [0.29, 0.717) is 0 Å². The maximum atomic E-state index is 10.1. The van der Waals surface area contributed by atoms with Gasteiger partial charge in [-0.05, 0) is 20.3 Å². The minimum absolute atomic E-state index is 0.213. The van der Waals surface area contributed by atoms with Crippen molar-refractivity contribution < 1.29 is 9.84 Å². The Kier molecular flexibility index (Phi) is 3.13. The highest BCUT2D eigenvalue weighted by Crippen LogP contribution is 2.32. The lowest BCUT2D eigenvalue weighted by Gasteiger charge is -2.39. The van der Waals surface area contributed by atoms with Crippen molar-refractivity contribution in [3.05, 3.63) is 0 Å². The Morgan fingerprint density at radius 1 is 1.33 bits per heavy atom. The van der Waals surface area contributed by atoms with Crippen LogP contribution in [-0.4, -0.2) is 22.9 Å². The van der Waals surface area contributed by atoms with Crippen LogP contribution in [0.15, 0.2) is 0 Å². The van der Waals surface area contributed by atoms with Crippen LogP contribution in [0, 0.1) is 0 Å². The summed E-state index contributed by atoms with van der Waals surface area (Å²) in [5.41, 5.74) is -0.453. The van der Waals surface area contributed by atoms with Crippen molar-refractivity contribution in [3.8, 4) is 0 Å². The van der Waals surface area contributed by atoms with Gasteiger partial charge in [0.05, 0.1) is 17.8 Å². The summed E-state index contributed by atoms with van der Waals surface area (Å²) < 4.78 is 5.57. The van der Waals surface area contributed by atoms with Crippen molar-refractivity contribution in [2.45, 2.75) is 64.3 Å². The molecule has 2 heteroatoms. The molecular formula is C10H20O2. The second kappa shape index (κ2) is 3.75. The molecule has 0 amide bonds. The van der Waals surface area contributed by atoms with Crippen molar-refractivity contribution in [3.63, 3.8) is 0 Å². The van der Waals surface area contributed by atoms with Crippen LogP contribution in [-0.2, 0) is 4.74 Å². The maximum absolute atomic E-state index is 10.1. The first-order valence-corrected chi connectivity index (χ1v) is 4.93. The zero-order valence-corrected chi connectivity index (χ0v) is 8.34. The van der Waals surface area contributed by atoms with Gasteiger partial charge in [0.25, 0.3) is 0 Å². The van der Waals surface area contributed by atoms with Gasteiger partial charge in [-0.2, -0.15) is 0 Å². The predicted molar refractivity (Wildman–Crippen MR) is 49.1 cm³/mol. The van der Waals surface area contributed by atoms with Crippen LogP contribution in [0.2, 0.25) is 0 Å². The van der Waals surface area contributed by atoms with Crippen molar-refractivity contribution in [2.75, 3.05) is 0 Å². The molecule has 2 nitrogen and oxygen atoms in total. The summed E-state index contributed by atoms with van der Waals surface area (Å²) in [4.78, 5) is 0. The van der Waals surface area contributed by atoms with E-state index in [2.05, 4.69) is 6.92 Å². The largest absolute Gasteiger partial charge is 0.390 e. The van der Waals surface area contributed by atoms with Gasteiger partial charge in [0.1, 0.15) is 0 Å². The van der Waals surface area contributed by atoms with E-state index in [9.17, 15) is 5.11 Å². The summed E-state index contributed by atoms with van der Waals surface area (Å²) in [7, 11) is 0. The second-order valence-corrected chi connectivity index (χ2v) is 4.14. The van der Waals surface area contributed by atoms with E-state index in [1.165, 1.54) is 0 Å². The average molecular weight is 172 g/mol. The molecule has 1 aliphatic heterocycles. The van der Waals surface area contributed by atoms with E-state index >= 15 is 0 Å². The Bertz CT molecular complexity index is 135. The molecule has 72 valence electrons. The third kappa shape index (κ3) is 2.46. The standard InChI is InChI=1S/C10H20O2/c1-4-5-10(11)6-8(2)12-9(3)7-10/h8-9,11H,4-7H2,1-3H3. The van der Waals surface area contributed by atoms with Crippen LogP contribution in [0.4, 0.5) is 0 Å². The van der Waals surface area contributed by atoms with Gasteiger partial charge in [0.2, 0.25) is 0 Å². The average Bonchev–Trinajstić information content (AvgIpc) is 1.82. The third-order valence-electron chi connectivity index (χ3n) is 2.51. The molecule has 0 aliphatic carbocycles. The number of hydrogen-bond donors (Lipinski definition) is 1. The molecule has 0 aromatic heterocycles. The van der Waals surface area contributed by atoms with Gasteiger partial charge in [0, 0.05) is 12.8 Å². The van der Waals surface area contributed by atoms with E-state index in [0.717, 1.165) is 25.7 Å². The fourth-order valence-electron chi connectivity index (χ4n) is 2.32. The summed E-state index contributed by atoms with van der Waals surface area (Å²) >= 11 is 0. The molecule has 0 saturated carbocycles. The van der Waals surface area contributed by atoms with Crippen molar-refractivity contribution in [2.24, 2.45) is 0 Å². The Morgan fingerprint density at radius 2 is 1.83 bits per heavy atom. The summed E-state index contributed by atoms with van der Waals surface area (Å²) in [6.07, 6.45) is 3.98. The van der Waals surface area contributed by atoms with Crippen LogP contribution in [0.1, 0.15) is 46.5 Å². The van der Waals surface area contributed by atoms with Gasteiger partial charge in [-0.25, -0.2) is 0 Å². The first-order valence-electron chi connectivity index (χ1n) is 4.93. The first-order chi connectivity index (χ1) is 5.56. The molecule has 1 rings (SSSR count). The monoisotopic (exact) mass is 172 g/mol. The van der Waals surface area contributed by atoms with Crippen LogP contribution in [0.3, 0.4) is 0 Å². The van der Waals surface area contributed by atoms with E-state index in [1.54, 1.807) is 0 Å². The predicted octanol–water partition coefficient (Wildman–Crippen LogP) is 2.10. The third-order valence-corrected chi connectivity index (χ3v) is 2.51. The summed E-state index contributed by atoms with van der Waals surface area (Å²) in [5, 5.41) is 10.1. The van der Waals surface area contributed by atoms with E-state index in [1.807, 2.05) is 13.8 Å². The fraction of sp³-hybridized carbons (Fsp3) is 1.00. The minimum atomic E-state index is -0.453. The molecule has 1 heterocycles. The normalized spacial score (nSPS) is 43.0. The van der Waals surface area contributed by atoms with Gasteiger partial charge in [0.15, 0.2) is 0 Å². The fourth-order valence-corrected chi connectivity index (χ4v) is 2.32. The highest BCUT2D eigenvalue weighted by Gasteiger charge is 2.35. The van der Waals surface area contributed by atoms with Crippen LogP contribution < -0.4 is 0 Å². The molecule has 1 aliphatic rings. The van der Waals surface area contributed by atoms with Gasteiger partial charge in [-0.1, -0.05) is 13.3 Å². The van der Waals surface area contributed by atoms with E-state index in [-0.39, 0.29) is 12.2 Å². The molecule has 0 radical (unpaired) electrons. The van der Waals surface area contributed by atoms with Crippen LogP contribution in [0.25, 0.3) is 0 Å². The topological polar surface area (TPSA) is 29.5 Å². The lowest BCUT2D eigenvalue weighted by molar-refractivity contribution is -0.134. The summed E-state index contributed by atoms with van der Waals surface area (Å²) in [6, 6.07) is 0. The summed E-state index contributed by atoms with van der Waals surface area (Å²) in [6.45, 7) is 6.19. The molecule has 1 saturated heterocycles. The zero-order valence-electron chi connectivity index (χ0n) is 8.34. The van der Waals surface area contributed by atoms with Crippen molar-refractivity contribution >= 4 is 0 Å². The Labute approximate surface area is 74.9 Å². The number of rotatable bonds is 2. The van der Waals surface area contributed by atoms with E-state index in [4.69, 9.17) is 4.74 Å². The van der Waals surface area contributed by atoms with Crippen molar-refractivity contribution in [1.82, 2.24) is 0 Å². The minimum Gasteiger partial charge on any atom is -0.390 e. The number of ether oxygens (including phenoxy) is 1. The molecule has 0 aromatic carbocycles. The zero-order chi connectivity index (χ0) is 9.19. The smallest absolute Gasteiger partial charge is 0.0696 e.